The zero-order valence-electron chi connectivity index (χ0n) is 8.54. The molecule has 1 N–H and O–H groups in total. The summed E-state index contributed by atoms with van der Waals surface area (Å²) in [6.07, 6.45) is 5.11. The molecule has 0 fully saturated rings. The third-order valence-corrected chi connectivity index (χ3v) is 2.55. The largest absolute Gasteiger partial charge is 0.449 e. The number of aliphatic hydroxyl groups is 1. The van der Waals surface area contributed by atoms with Crippen LogP contribution in [0.2, 0.25) is 0 Å². The summed E-state index contributed by atoms with van der Waals surface area (Å²) >= 11 is 0. The van der Waals surface area contributed by atoms with Crippen molar-refractivity contribution in [2.75, 3.05) is 0 Å². The number of nitrogens with zero attached hydrogens (tertiary/aromatic N) is 2. The second-order valence-electron chi connectivity index (χ2n) is 3.77. The Morgan fingerprint density at radius 3 is 2.87 bits per heavy atom. The summed E-state index contributed by atoms with van der Waals surface area (Å²) in [5, 5.41) is 10.1. The van der Waals surface area contributed by atoms with Gasteiger partial charge in [0, 0.05) is 13.1 Å². The maximum absolute atomic E-state index is 11.0. The molecule has 1 aromatic heterocycles. The molecule has 0 aromatic carbocycles. The first-order chi connectivity index (χ1) is 7.03. The first-order valence-electron chi connectivity index (χ1n) is 4.59. The Labute approximate surface area is 87.0 Å². The molecule has 2 heterocycles. The molecule has 15 heavy (non-hydrogen) atoms. The molecule has 1 aromatic rings. The van der Waals surface area contributed by atoms with Crippen molar-refractivity contribution in [3.8, 4) is 0 Å². The number of carbonyl (C=O) groups is 1. The lowest BCUT2D eigenvalue weighted by atomic mass is 9.97. The van der Waals surface area contributed by atoms with E-state index in [2.05, 4.69) is 4.98 Å². The number of hydrogen-bond acceptors (Lipinski definition) is 4. The Kier molecular flexibility index (Phi) is 2.12. The zero-order valence-corrected chi connectivity index (χ0v) is 8.54. The van der Waals surface area contributed by atoms with Gasteiger partial charge in [-0.25, -0.2) is 9.78 Å². The van der Waals surface area contributed by atoms with Gasteiger partial charge < -0.3 is 14.4 Å². The van der Waals surface area contributed by atoms with Crippen LogP contribution in [-0.4, -0.2) is 26.2 Å². The maximum Gasteiger partial charge on any atom is 0.331 e. The van der Waals surface area contributed by atoms with E-state index in [9.17, 15) is 9.90 Å². The van der Waals surface area contributed by atoms with Crippen LogP contribution in [-0.2, 0) is 16.6 Å². The fraction of sp³-hybridized carbons (Fsp3) is 0.400. The van der Waals surface area contributed by atoms with Crippen LogP contribution in [0.15, 0.2) is 24.7 Å². The summed E-state index contributed by atoms with van der Waals surface area (Å²) in [4.78, 5) is 14.9. The molecule has 2 rings (SSSR count). The second kappa shape index (κ2) is 3.20. The summed E-state index contributed by atoms with van der Waals surface area (Å²) in [5.74, 6) is -0.432. The van der Waals surface area contributed by atoms with Gasteiger partial charge >= 0.3 is 5.97 Å². The molecule has 0 amide bonds. The van der Waals surface area contributed by atoms with Crippen molar-refractivity contribution in [1.29, 1.82) is 0 Å². The SMILES string of the molecule is Cn1cncc1C(O)C1(C)C=CC(=O)O1. The van der Waals surface area contributed by atoms with Crippen LogP contribution in [0, 0.1) is 0 Å². The van der Waals surface area contributed by atoms with Gasteiger partial charge in [0.1, 0.15) is 6.10 Å². The van der Waals surface area contributed by atoms with E-state index >= 15 is 0 Å². The average Bonchev–Trinajstić information content (AvgIpc) is 2.73. The Morgan fingerprint density at radius 2 is 2.40 bits per heavy atom. The standard InChI is InChI=1S/C10H12N2O3/c1-10(4-3-8(13)15-10)9(14)7-5-11-6-12(7)2/h3-6,9,14H,1-2H3. The van der Waals surface area contributed by atoms with E-state index in [0.717, 1.165) is 0 Å². The predicted molar refractivity (Wildman–Crippen MR) is 51.8 cm³/mol. The molecule has 5 heteroatoms. The predicted octanol–water partition coefficient (Wildman–Crippen LogP) is 0.325. The number of aliphatic hydroxyl groups excluding tert-OH is 1. The monoisotopic (exact) mass is 208 g/mol. The lowest BCUT2D eigenvalue weighted by molar-refractivity contribution is -0.153. The van der Waals surface area contributed by atoms with Gasteiger partial charge in [-0.15, -0.1) is 0 Å². The van der Waals surface area contributed by atoms with Crippen LogP contribution in [0.4, 0.5) is 0 Å². The molecule has 5 nitrogen and oxygen atoms in total. The second-order valence-corrected chi connectivity index (χ2v) is 3.77. The van der Waals surface area contributed by atoms with Crippen LogP contribution in [0.25, 0.3) is 0 Å². The molecule has 80 valence electrons. The van der Waals surface area contributed by atoms with Gasteiger partial charge in [0.25, 0.3) is 0 Å². The van der Waals surface area contributed by atoms with Gasteiger partial charge in [-0.1, -0.05) is 0 Å². The molecule has 1 aliphatic rings. The lowest BCUT2D eigenvalue weighted by Gasteiger charge is -2.27. The van der Waals surface area contributed by atoms with Crippen molar-refractivity contribution in [2.45, 2.75) is 18.6 Å². The Bertz CT molecular complexity index is 424. The molecule has 0 aliphatic carbocycles. The van der Waals surface area contributed by atoms with Gasteiger partial charge in [0.15, 0.2) is 5.60 Å². The summed E-state index contributed by atoms with van der Waals surface area (Å²) in [7, 11) is 1.77. The minimum atomic E-state index is -0.995. The fourth-order valence-electron chi connectivity index (χ4n) is 1.59. The topological polar surface area (TPSA) is 64.3 Å². The van der Waals surface area contributed by atoms with Crippen molar-refractivity contribution in [2.24, 2.45) is 7.05 Å². The highest BCUT2D eigenvalue weighted by molar-refractivity contribution is 5.85. The maximum atomic E-state index is 11.0. The molecule has 2 unspecified atom stereocenters. The smallest absolute Gasteiger partial charge is 0.331 e. The van der Waals surface area contributed by atoms with E-state index < -0.39 is 17.7 Å². The van der Waals surface area contributed by atoms with E-state index in [-0.39, 0.29) is 0 Å². The zero-order chi connectivity index (χ0) is 11.1. The summed E-state index contributed by atoms with van der Waals surface area (Å²) in [6, 6.07) is 0. The summed E-state index contributed by atoms with van der Waals surface area (Å²) in [6.45, 7) is 1.66. The molecule has 0 spiro atoms. The van der Waals surface area contributed by atoms with Crippen LogP contribution in [0.5, 0.6) is 0 Å². The molecule has 0 radical (unpaired) electrons. The minimum Gasteiger partial charge on any atom is -0.449 e. The Morgan fingerprint density at radius 1 is 1.67 bits per heavy atom. The highest BCUT2D eigenvalue weighted by Crippen LogP contribution is 2.33. The number of esters is 1. The van der Waals surface area contributed by atoms with Crippen molar-refractivity contribution < 1.29 is 14.6 Å². The van der Waals surface area contributed by atoms with Crippen LogP contribution < -0.4 is 0 Å². The third-order valence-electron chi connectivity index (χ3n) is 2.55. The van der Waals surface area contributed by atoms with E-state index in [4.69, 9.17) is 4.74 Å². The number of aryl methyl sites for hydroxylation is 1. The molecule has 1 aliphatic heterocycles. The number of hydrogen-bond donors (Lipinski definition) is 1. The Balaban J connectivity index is 2.29. The molecule has 0 saturated carbocycles. The quantitative estimate of drug-likeness (QED) is 0.711. The molecule has 0 bridgehead atoms. The minimum absolute atomic E-state index is 0.432. The van der Waals surface area contributed by atoms with Crippen molar-refractivity contribution in [1.82, 2.24) is 9.55 Å². The fourth-order valence-corrected chi connectivity index (χ4v) is 1.59. The lowest BCUT2D eigenvalue weighted by Crippen LogP contribution is -2.33. The first-order valence-corrected chi connectivity index (χ1v) is 4.59. The first kappa shape index (κ1) is 9.92. The molecule has 2 atom stereocenters. The van der Waals surface area contributed by atoms with Crippen LogP contribution in [0.1, 0.15) is 18.7 Å². The highest BCUT2D eigenvalue weighted by Gasteiger charge is 2.40. The number of imidazole rings is 1. The van der Waals surface area contributed by atoms with Gasteiger partial charge in [0.2, 0.25) is 0 Å². The summed E-state index contributed by atoms with van der Waals surface area (Å²) < 4.78 is 6.74. The van der Waals surface area contributed by atoms with E-state index in [1.807, 2.05) is 0 Å². The van der Waals surface area contributed by atoms with Crippen molar-refractivity contribution in [3.05, 3.63) is 30.4 Å². The van der Waals surface area contributed by atoms with Gasteiger partial charge in [-0.2, -0.15) is 0 Å². The molecular weight excluding hydrogens is 196 g/mol. The number of rotatable bonds is 2. The Hall–Kier alpha value is -1.62. The molecular formula is C10H12N2O3. The average molecular weight is 208 g/mol. The third kappa shape index (κ3) is 1.55. The number of carbonyl (C=O) groups excluding carboxylic acids is 1. The van der Waals surface area contributed by atoms with Gasteiger partial charge in [0.05, 0.1) is 18.2 Å². The molecule has 0 saturated heterocycles. The normalized spacial score (nSPS) is 26.7. The highest BCUT2D eigenvalue weighted by atomic mass is 16.6. The van der Waals surface area contributed by atoms with Gasteiger partial charge in [-0.05, 0) is 13.0 Å². The van der Waals surface area contributed by atoms with E-state index in [1.54, 1.807) is 37.1 Å². The van der Waals surface area contributed by atoms with Crippen molar-refractivity contribution >= 4 is 5.97 Å². The van der Waals surface area contributed by atoms with Gasteiger partial charge in [-0.3, -0.25) is 0 Å². The van der Waals surface area contributed by atoms with Crippen LogP contribution in [0.3, 0.4) is 0 Å². The van der Waals surface area contributed by atoms with E-state index in [1.165, 1.54) is 6.08 Å². The number of aromatic nitrogens is 2. The summed E-state index contributed by atoms with van der Waals surface area (Å²) in [5.41, 5.74) is -0.387. The number of cyclic esters (lactones) is 1. The van der Waals surface area contributed by atoms with Crippen LogP contribution >= 0.6 is 0 Å². The van der Waals surface area contributed by atoms with E-state index in [0.29, 0.717) is 5.69 Å². The van der Waals surface area contributed by atoms with Crippen molar-refractivity contribution in [3.63, 3.8) is 0 Å². The number of ether oxygens (including phenoxy) is 1.